The highest BCUT2D eigenvalue weighted by molar-refractivity contribution is 7.99. The van der Waals surface area contributed by atoms with E-state index in [-0.39, 0.29) is 11.7 Å². The predicted octanol–water partition coefficient (Wildman–Crippen LogP) is 4.19. The largest absolute Gasteiger partial charge is 0.492 e. The number of carbonyl (C=O) groups excluding carboxylic acids is 1. The Balaban J connectivity index is 1.67. The number of para-hydroxylation sites is 1. The summed E-state index contributed by atoms with van der Waals surface area (Å²) in [5.41, 5.74) is 2.14. The van der Waals surface area contributed by atoms with E-state index in [0.29, 0.717) is 29.4 Å². The van der Waals surface area contributed by atoms with Crippen molar-refractivity contribution in [2.45, 2.75) is 13.8 Å². The number of nitrogens with one attached hydrogen (secondary N) is 1. The molecule has 122 valence electrons. The summed E-state index contributed by atoms with van der Waals surface area (Å²) in [6.07, 6.45) is 0. The second kappa shape index (κ2) is 8.58. The fraction of sp³-hybridized carbons (Fsp3) is 0.278. The fourth-order valence-electron chi connectivity index (χ4n) is 1.96. The lowest BCUT2D eigenvalue weighted by Gasteiger charge is -2.09. The molecule has 23 heavy (non-hydrogen) atoms. The molecule has 0 unspecified atom stereocenters. The third-order valence-electron chi connectivity index (χ3n) is 3.27. The van der Waals surface area contributed by atoms with Gasteiger partial charge in [0.25, 0.3) is 0 Å². The number of anilines is 1. The molecule has 0 spiro atoms. The van der Waals surface area contributed by atoms with Crippen molar-refractivity contribution in [3.05, 3.63) is 59.4 Å². The van der Waals surface area contributed by atoms with E-state index in [1.807, 2.05) is 31.2 Å². The molecule has 0 saturated heterocycles. The third kappa shape index (κ3) is 5.60. The molecule has 0 aromatic heterocycles. The van der Waals surface area contributed by atoms with Crippen LogP contribution in [-0.4, -0.2) is 24.0 Å². The van der Waals surface area contributed by atoms with Gasteiger partial charge in [0.15, 0.2) is 0 Å². The number of amides is 1. The van der Waals surface area contributed by atoms with E-state index in [0.717, 1.165) is 11.3 Å². The van der Waals surface area contributed by atoms with Crippen molar-refractivity contribution in [3.8, 4) is 5.75 Å². The Morgan fingerprint density at radius 2 is 1.96 bits per heavy atom. The first kappa shape index (κ1) is 17.3. The van der Waals surface area contributed by atoms with Crippen LogP contribution >= 0.6 is 11.8 Å². The number of ether oxygens (including phenoxy) is 1. The zero-order valence-corrected chi connectivity index (χ0v) is 14.1. The smallest absolute Gasteiger partial charge is 0.234 e. The molecular weight excluding hydrogens is 313 g/mol. The Hall–Kier alpha value is -2.01. The van der Waals surface area contributed by atoms with Crippen LogP contribution in [0.5, 0.6) is 5.75 Å². The molecule has 0 aliphatic rings. The highest BCUT2D eigenvalue weighted by atomic mass is 32.2. The Morgan fingerprint density at radius 3 is 2.70 bits per heavy atom. The summed E-state index contributed by atoms with van der Waals surface area (Å²) in [6.45, 7) is 4.23. The molecule has 0 bridgehead atoms. The highest BCUT2D eigenvalue weighted by Crippen LogP contribution is 2.17. The van der Waals surface area contributed by atoms with Gasteiger partial charge in [-0.15, -0.1) is 11.8 Å². The molecule has 2 aromatic carbocycles. The topological polar surface area (TPSA) is 38.3 Å². The average Bonchev–Trinajstić information content (AvgIpc) is 2.52. The first-order valence-electron chi connectivity index (χ1n) is 7.38. The fourth-order valence-corrected chi connectivity index (χ4v) is 2.56. The average molecular weight is 333 g/mol. The Kier molecular flexibility index (Phi) is 6.47. The van der Waals surface area contributed by atoms with Crippen molar-refractivity contribution in [2.75, 3.05) is 23.4 Å². The van der Waals surface area contributed by atoms with E-state index in [4.69, 9.17) is 4.74 Å². The zero-order chi connectivity index (χ0) is 16.7. The lowest BCUT2D eigenvalue weighted by atomic mass is 10.2. The first-order valence-corrected chi connectivity index (χ1v) is 8.54. The second-order valence-electron chi connectivity index (χ2n) is 5.18. The molecule has 0 saturated carbocycles. The minimum absolute atomic E-state index is 0.144. The molecule has 1 N–H and O–H groups in total. The van der Waals surface area contributed by atoms with E-state index in [1.54, 1.807) is 19.1 Å². The Bertz CT molecular complexity index is 676. The summed E-state index contributed by atoms with van der Waals surface area (Å²) in [6, 6.07) is 12.5. The van der Waals surface area contributed by atoms with Gasteiger partial charge in [-0.2, -0.15) is 0 Å². The van der Waals surface area contributed by atoms with Crippen molar-refractivity contribution < 1.29 is 13.9 Å². The minimum atomic E-state index is -0.318. The molecule has 0 fully saturated rings. The van der Waals surface area contributed by atoms with Crippen LogP contribution in [0.4, 0.5) is 10.1 Å². The number of carbonyl (C=O) groups is 1. The van der Waals surface area contributed by atoms with Gasteiger partial charge in [0.1, 0.15) is 11.6 Å². The van der Waals surface area contributed by atoms with Crippen LogP contribution in [0.2, 0.25) is 0 Å². The summed E-state index contributed by atoms with van der Waals surface area (Å²) >= 11 is 1.48. The SMILES string of the molecule is Cc1ccc(NC(=O)CSCCOc2ccccc2C)cc1F. The van der Waals surface area contributed by atoms with Crippen LogP contribution in [0.25, 0.3) is 0 Å². The molecule has 1 amide bonds. The lowest BCUT2D eigenvalue weighted by Crippen LogP contribution is -2.15. The maximum atomic E-state index is 13.4. The van der Waals surface area contributed by atoms with E-state index >= 15 is 0 Å². The van der Waals surface area contributed by atoms with Crippen LogP contribution in [-0.2, 0) is 4.79 Å². The lowest BCUT2D eigenvalue weighted by molar-refractivity contribution is -0.113. The number of hydrogen-bond donors (Lipinski definition) is 1. The van der Waals surface area contributed by atoms with Gasteiger partial charge in [-0.3, -0.25) is 4.79 Å². The third-order valence-corrected chi connectivity index (χ3v) is 4.19. The Labute approximate surface area is 140 Å². The van der Waals surface area contributed by atoms with Crippen LogP contribution in [0.1, 0.15) is 11.1 Å². The van der Waals surface area contributed by atoms with E-state index in [1.165, 1.54) is 17.8 Å². The number of rotatable bonds is 7. The summed E-state index contributed by atoms with van der Waals surface area (Å²) in [5.74, 6) is 1.43. The Morgan fingerprint density at radius 1 is 1.17 bits per heavy atom. The number of aryl methyl sites for hydroxylation is 2. The van der Waals surface area contributed by atoms with E-state index in [9.17, 15) is 9.18 Å². The van der Waals surface area contributed by atoms with Crippen molar-refractivity contribution in [3.63, 3.8) is 0 Å². The maximum Gasteiger partial charge on any atom is 0.234 e. The quantitative estimate of drug-likeness (QED) is 0.772. The molecule has 3 nitrogen and oxygen atoms in total. The van der Waals surface area contributed by atoms with Crippen LogP contribution < -0.4 is 10.1 Å². The van der Waals surface area contributed by atoms with Gasteiger partial charge < -0.3 is 10.1 Å². The van der Waals surface area contributed by atoms with Gasteiger partial charge in [0, 0.05) is 11.4 Å². The number of hydrogen-bond acceptors (Lipinski definition) is 3. The number of halogens is 1. The zero-order valence-electron chi connectivity index (χ0n) is 13.3. The van der Waals surface area contributed by atoms with Crippen molar-refractivity contribution in [2.24, 2.45) is 0 Å². The first-order chi connectivity index (χ1) is 11.1. The van der Waals surface area contributed by atoms with Crippen LogP contribution in [0, 0.1) is 19.7 Å². The molecule has 0 aliphatic heterocycles. The number of benzene rings is 2. The molecule has 5 heteroatoms. The maximum absolute atomic E-state index is 13.4. The normalized spacial score (nSPS) is 10.4. The molecule has 0 heterocycles. The van der Waals surface area contributed by atoms with Crippen LogP contribution in [0.15, 0.2) is 42.5 Å². The van der Waals surface area contributed by atoms with E-state index in [2.05, 4.69) is 5.32 Å². The molecule has 0 aliphatic carbocycles. The van der Waals surface area contributed by atoms with Crippen LogP contribution in [0.3, 0.4) is 0 Å². The van der Waals surface area contributed by atoms with Crippen molar-refractivity contribution in [1.82, 2.24) is 0 Å². The highest BCUT2D eigenvalue weighted by Gasteiger charge is 2.05. The number of thioether (sulfide) groups is 1. The van der Waals surface area contributed by atoms with Gasteiger partial charge in [-0.1, -0.05) is 24.3 Å². The minimum Gasteiger partial charge on any atom is -0.492 e. The van der Waals surface area contributed by atoms with Gasteiger partial charge in [-0.05, 0) is 43.2 Å². The van der Waals surface area contributed by atoms with Crippen molar-refractivity contribution >= 4 is 23.4 Å². The summed E-state index contributed by atoms with van der Waals surface area (Å²) in [5, 5.41) is 2.69. The molecule has 0 radical (unpaired) electrons. The molecular formula is C18H20FNO2S. The van der Waals surface area contributed by atoms with Gasteiger partial charge in [0.2, 0.25) is 5.91 Å². The van der Waals surface area contributed by atoms with Gasteiger partial charge in [0.05, 0.1) is 12.4 Å². The summed E-state index contributed by atoms with van der Waals surface area (Å²) in [7, 11) is 0. The summed E-state index contributed by atoms with van der Waals surface area (Å²) < 4.78 is 19.1. The monoisotopic (exact) mass is 333 g/mol. The van der Waals surface area contributed by atoms with Crippen molar-refractivity contribution in [1.29, 1.82) is 0 Å². The molecule has 0 atom stereocenters. The second-order valence-corrected chi connectivity index (χ2v) is 6.28. The van der Waals surface area contributed by atoms with E-state index < -0.39 is 0 Å². The predicted molar refractivity (Wildman–Crippen MR) is 93.8 cm³/mol. The molecule has 2 rings (SSSR count). The molecule has 2 aromatic rings. The standard InChI is InChI=1S/C18H20FNO2S/c1-13-7-8-15(11-16(13)19)20-18(21)12-23-10-9-22-17-6-4-3-5-14(17)2/h3-8,11H,9-10,12H2,1-2H3,(H,20,21). The summed E-state index contributed by atoms with van der Waals surface area (Å²) in [4.78, 5) is 11.8. The van der Waals surface area contributed by atoms with Gasteiger partial charge in [-0.25, -0.2) is 4.39 Å². The van der Waals surface area contributed by atoms with Gasteiger partial charge >= 0.3 is 0 Å².